The minimum Gasteiger partial charge on any atom is -0.177 e. The molecule has 4 aromatic carbocycles. The number of hydrogen-bond acceptors (Lipinski definition) is 0. The minimum atomic E-state index is 0. The van der Waals surface area contributed by atoms with Gasteiger partial charge in [-0.25, -0.2) is 0 Å². The smallest absolute Gasteiger partial charge is 0 e. The Morgan fingerprint density at radius 2 is 0.567 bits per heavy atom. The molecular formula is C64H91Y3-3. The molecule has 4 saturated carbocycles. The molecule has 359 valence electrons. The molecule has 0 unspecified atom stereocenters. The van der Waals surface area contributed by atoms with Gasteiger partial charge in [0, 0.05) is 98.1 Å². The molecule has 4 fully saturated rings. The summed E-state index contributed by atoms with van der Waals surface area (Å²) in [4.78, 5) is 0. The van der Waals surface area contributed by atoms with Gasteiger partial charge in [-0.1, -0.05) is 139 Å². The van der Waals surface area contributed by atoms with Crippen LogP contribution in [0.3, 0.4) is 0 Å². The zero-order valence-corrected chi connectivity index (χ0v) is 53.3. The second-order valence-corrected chi connectivity index (χ2v) is 23.1. The summed E-state index contributed by atoms with van der Waals surface area (Å²) in [5.74, 6) is 7.75. The van der Waals surface area contributed by atoms with Gasteiger partial charge in [0.25, 0.3) is 0 Å². The van der Waals surface area contributed by atoms with Crippen LogP contribution in [0.5, 0.6) is 0 Å². The van der Waals surface area contributed by atoms with Gasteiger partial charge < -0.3 is 0 Å². The van der Waals surface area contributed by atoms with Gasteiger partial charge in [-0.15, -0.1) is 0 Å². The van der Waals surface area contributed by atoms with Crippen molar-refractivity contribution >= 4 is 0 Å². The molecule has 4 aromatic rings. The molecule has 0 aromatic heterocycles. The minimum absolute atomic E-state index is 0. The first-order valence-electron chi connectivity index (χ1n) is 26.7. The summed E-state index contributed by atoms with van der Waals surface area (Å²) in [6.45, 7) is 24.8. The van der Waals surface area contributed by atoms with Gasteiger partial charge in [-0.05, 0) is 154 Å². The standard InChI is InChI=1S/C25H33.C23H35.C16H23.3Y/c1-17-6-8-22(9-7-17)15-24-13-20(4)25(21(5)14-24)16-23-11-18(2)10-19(3)12-23;1-17-4-6-20(7-5-17)15-21-8-10-22(11-9-21)16-23-13-18(2)12-19(3)14-23;1-12-4-6-15(7-5-12)11-16-9-13(2)8-14(3)10-16;;;/h11-14,17,22H,6-9,15-16H2,1-5H3;13-14,17,20-22H,4-11,15-16H2,1-3H3;9-10,12,15H,4-7,11H2,1-3H3;;;/q3*-1;;;. The summed E-state index contributed by atoms with van der Waals surface area (Å²) >= 11 is 0. The first-order chi connectivity index (χ1) is 30.6. The van der Waals surface area contributed by atoms with Crippen LogP contribution in [0, 0.1) is 121 Å². The number of aryl methyl sites for hydroxylation is 8. The molecule has 0 atom stereocenters. The fourth-order valence-corrected chi connectivity index (χ4v) is 12.7. The van der Waals surface area contributed by atoms with E-state index in [-0.39, 0.29) is 98.1 Å². The third kappa shape index (κ3) is 21.7. The van der Waals surface area contributed by atoms with Crippen LogP contribution in [0.1, 0.15) is 202 Å². The summed E-state index contributed by atoms with van der Waals surface area (Å²) in [5.41, 5.74) is 18.1. The zero-order valence-electron chi connectivity index (χ0n) is 44.8. The Morgan fingerprint density at radius 3 is 0.881 bits per heavy atom. The van der Waals surface area contributed by atoms with E-state index >= 15 is 0 Å². The molecule has 4 aliphatic rings. The van der Waals surface area contributed by atoms with Gasteiger partial charge in [0.05, 0.1) is 0 Å². The van der Waals surface area contributed by atoms with Crippen molar-refractivity contribution in [2.24, 2.45) is 47.3 Å². The van der Waals surface area contributed by atoms with E-state index in [0.29, 0.717) is 0 Å². The van der Waals surface area contributed by atoms with Gasteiger partial charge in [0.1, 0.15) is 0 Å². The Labute approximate surface area is 489 Å². The van der Waals surface area contributed by atoms with Crippen LogP contribution in [0.4, 0.5) is 0 Å². The molecule has 0 spiro atoms. The topological polar surface area (TPSA) is 0 Å². The van der Waals surface area contributed by atoms with Crippen LogP contribution in [0.15, 0.2) is 48.5 Å². The number of hydrogen-bond donors (Lipinski definition) is 0. The molecule has 0 saturated heterocycles. The third-order valence-electron chi connectivity index (χ3n) is 16.3. The van der Waals surface area contributed by atoms with E-state index in [1.165, 1.54) is 190 Å². The number of benzene rings is 4. The van der Waals surface area contributed by atoms with Crippen LogP contribution in [-0.4, -0.2) is 0 Å². The normalized spacial score (nSPS) is 24.8. The molecule has 0 aliphatic heterocycles. The van der Waals surface area contributed by atoms with E-state index in [2.05, 4.69) is 143 Å². The molecular weight excluding hydrogens is 1040 g/mol. The van der Waals surface area contributed by atoms with Crippen molar-refractivity contribution in [2.45, 2.75) is 211 Å². The first-order valence-corrected chi connectivity index (χ1v) is 26.7. The molecule has 0 N–H and O–H groups in total. The molecule has 4 aliphatic carbocycles. The molecule has 0 heterocycles. The maximum absolute atomic E-state index is 3.40. The molecule has 0 amide bonds. The first kappa shape index (κ1) is 61.5. The van der Waals surface area contributed by atoms with E-state index in [0.717, 1.165) is 53.8 Å². The summed E-state index contributed by atoms with van der Waals surface area (Å²) < 4.78 is 0. The Morgan fingerprint density at radius 1 is 0.328 bits per heavy atom. The Hall–Kier alpha value is 0.192. The Balaban J connectivity index is 0.000000266. The average molecular weight is 1130 g/mol. The molecule has 3 radical (unpaired) electrons. The van der Waals surface area contributed by atoms with Crippen LogP contribution in [0.25, 0.3) is 0 Å². The quantitative estimate of drug-likeness (QED) is 0.139. The zero-order chi connectivity index (χ0) is 45.8. The van der Waals surface area contributed by atoms with Crippen molar-refractivity contribution in [3.8, 4) is 0 Å². The van der Waals surface area contributed by atoms with Gasteiger partial charge in [-0.2, -0.15) is 105 Å². The fourth-order valence-electron chi connectivity index (χ4n) is 12.7. The summed E-state index contributed by atoms with van der Waals surface area (Å²) in [5, 5.41) is 0. The van der Waals surface area contributed by atoms with Crippen molar-refractivity contribution in [3.05, 3.63) is 139 Å². The predicted molar refractivity (Wildman–Crippen MR) is 278 cm³/mol. The molecule has 0 nitrogen and oxygen atoms in total. The average Bonchev–Trinajstić information content (AvgIpc) is 3.22. The fraction of sp³-hybridized carbons (Fsp3) is 0.625. The van der Waals surface area contributed by atoms with Crippen molar-refractivity contribution < 1.29 is 98.1 Å². The van der Waals surface area contributed by atoms with Crippen molar-refractivity contribution in [3.63, 3.8) is 0 Å². The predicted octanol–water partition coefficient (Wildman–Crippen LogP) is 17.8. The van der Waals surface area contributed by atoms with Gasteiger partial charge in [-0.3, -0.25) is 0 Å². The largest absolute Gasteiger partial charge is 0.177 e. The van der Waals surface area contributed by atoms with E-state index in [9.17, 15) is 0 Å². The maximum atomic E-state index is 3.40. The Kier molecular flexibility index (Phi) is 28.5. The molecule has 67 heavy (non-hydrogen) atoms. The SMILES string of the molecule is Cc1[c-]c(C)cc(CC2CCC(C)CC2)c1.Cc1[c-]c(C)cc(CC2CCC(CC3CCC(C)CC3)CC2)c1.Cc1[c-]c(C)cc(Cc2c(C)cc(CC3CCC(C)CC3)cc2C)c1.[Y].[Y].[Y]. The summed E-state index contributed by atoms with van der Waals surface area (Å²) in [6.07, 6.45) is 29.7. The van der Waals surface area contributed by atoms with E-state index in [1.807, 2.05) is 0 Å². The van der Waals surface area contributed by atoms with Gasteiger partial charge in [0.15, 0.2) is 0 Å². The monoisotopic (exact) mass is 1130 g/mol. The van der Waals surface area contributed by atoms with Crippen LogP contribution < -0.4 is 0 Å². The van der Waals surface area contributed by atoms with Crippen molar-refractivity contribution in [1.82, 2.24) is 0 Å². The molecule has 8 rings (SSSR count). The van der Waals surface area contributed by atoms with E-state index < -0.39 is 0 Å². The number of rotatable bonds is 10. The second-order valence-electron chi connectivity index (χ2n) is 23.1. The van der Waals surface area contributed by atoms with Gasteiger partial charge >= 0.3 is 0 Å². The van der Waals surface area contributed by atoms with Gasteiger partial charge in [0.2, 0.25) is 0 Å². The molecule has 0 bridgehead atoms. The summed E-state index contributed by atoms with van der Waals surface area (Å²) in [6, 6.07) is 28.9. The third-order valence-corrected chi connectivity index (χ3v) is 16.3. The van der Waals surface area contributed by atoms with Crippen molar-refractivity contribution in [1.29, 1.82) is 0 Å². The van der Waals surface area contributed by atoms with E-state index in [1.54, 1.807) is 11.1 Å². The molecule has 3 heteroatoms. The maximum Gasteiger partial charge on any atom is 0 e. The van der Waals surface area contributed by atoms with Crippen LogP contribution >= 0.6 is 0 Å². The van der Waals surface area contributed by atoms with Crippen molar-refractivity contribution in [2.75, 3.05) is 0 Å². The van der Waals surface area contributed by atoms with Crippen LogP contribution in [-0.2, 0) is 124 Å². The second kappa shape index (κ2) is 31.0. The van der Waals surface area contributed by atoms with Crippen LogP contribution in [0.2, 0.25) is 0 Å². The Bertz CT molecular complexity index is 1950. The van der Waals surface area contributed by atoms with E-state index in [4.69, 9.17) is 0 Å². The summed E-state index contributed by atoms with van der Waals surface area (Å²) in [7, 11) is 0.